The first-order chi connectivity index (χ1) is 10.8. The highest BCUT2D eigenvalue weighted by Gasteiger charge is 2.14. The van der Waals surface area contributed by atoms with Crippen LogP contribution in [0.5, 0.6) is 11.5 Å². The second-order valence-corrected chi connectivity index (χ2v) is 5.25. The van der Waals surface area contributed by atoms with Crippen molar-refractivity contribution >= 4 is 12.0 Å². The molecule has 2 aliphatic rings. The lowest BCUT2D eigenvalue weighted by molar-refractivity contribution is -0.124. The molecule has 1 fully saturated rings. The number of hydrogen-bond acceptors (Lipinski definition) is 3. The fourth-order valence-corrected chi connectivity index (χ4v) is 2.49. The molecule has 1 saturated heterocycles. The van der Waals surface area contributed by atoms with Crippen LogP contribution in [0, 0.1) is 0 Å². The number of nitrogens with zero attached hydrogens (tertiary/aromatic N) is 1. The lowest BCUT2D eigenvalue weighted by atomic mass is 10.2. The van der Waals surface area contributed by atoms with Crippen molar-refractivity contribution in [2.75, 3.05) is 19.9 Å². The molecule has 1 aromatic rings. The van der Waals surface area contributed by atoms with Gasteiger partial charge in [-0.3, -0.25) is 4.79 Å². The van der Waals surface area contributed by atoms with E-state index in [2.05, 4.69) is 0 Å². The number of likely N-dealkylation sites (tertiary alicyclic amines) is 1. The van der Waals surface area contributed by atoms with Gasteiger partial charge in [-0.25, -0.2) is 0 Å². The normalized spacial score (nSPS) is 17.4. The summed E-state index contributed by atoms with van der Waals surface area (Å²) < 4.78 is 10.6. The minimum Gasteiger partial charge on any atom is -0.454 e. The monoisotopic (exact) mass is 297 g/mol. The third kappa shape index (κ3) is 3.58. The number of fused-ring (bicyclic) bond motifs is 1. The van der Waals surface area contributed by atoms with Crippen molar-refractivity contribution in [1.29, 1.82) is 0 Å². The first kappa shape index (κ1) is 14.4. The van der Waals surface area contributed by atoms with Gasteiger partial charge in [0, 0.05) is 19.2 Å². The van der Waals surface area contributed by atoms with Crippen LogP contribution in [-0.4, -0.2) is 30.7 Å². The topological polar surface area (TPSA) is 38.8 Å². The Hall–Kier alpha value is -2.49. The molecule has 0 bridgehead atoms. The number of allylic oxidation sites excluding steroid dienone is 4. The minimum atomic E-state index is 0.0990. The molecule has 0 spiro atoms. The molecule has 1 amide bonds. The maximum atomic E-state index is 11.8. The summed E-state index contributed by atoms with van der Waals surface area (Å²) >= 11 is 0. The summed E-state index contributed by atoms with van der Waals surface area (Å²) in [6.07, 6.45) is 13.3. The van der Waals surface area contributed by atoms with Gasteiger partial charge in [-0.2, -0.15) is 0 Å². The van der Waals surface area contributed by atoms with Crippen LogP contribution in [0.4, 0.5) is 0 Å². The van der Waals surface area contributed by atoms with Crippen molar-refractivity contribution in [3.05, 3.63) is 54.1 Å². The molecule has 4 heteroatoms. The van der Waals surface area contributed by atoms with Gasteiger partial charge in [0.2, 0.25) is 12.7 Å². The van der Waals surface area contributed by atoms with E-state index in [0.717, 1.165) is 43.0 Å². The summed E-state index contributed by atoms with van der Waals surface area (Å²) in [5.74, 6) is 1.67. The van der Waals surface area contributed by atoms with Crippen LogP contribution in [0.15, 0.2) is 48.6 Å². The maximum absolute atomic E-state index is 11.8. The first-order valence-corrected chi connectivity index (χ1v) is 7.53. The number of rotatable bonds is 4. The zero-order chi connectivity index (χ0) is 15.2. The molecule has 2 aliphatic heterocycles. The number of carbonyl (C=O) groups is 1. The van der Waals surface area contributed by atoms with Gasteiger partial charge in [-0.05, 0) is 30.5 Å². The van der Waals surface area contributed by atoms with Gasteiger partial charge in [0.1, 0.15) is 0 Å². The molecule has 0 aromatic heterocycles. The Morgan fingerprint density at radius 2 is 1.77 bits per heavy atom. The summed E-state index contributed by atoms with van der Waals surface area (Å²) in [6, 6.07) is 5.82. The quantitative estimate of drug-likeness (QED) is 0.633. The molecule has 0 N–H and O–H groups in total. The molecule has 0 radical (unpaired) electrons. The van der Waals surface area contributed by atoms with E-state index in [4.69, 9.17) is 9.47 Å². The second-order valence-electron chi connectivity index (χ2n) is 5.25. The van der Waals surface area contributed by atoms with Gasteiger partial charge in [0.15, 0.2) is 11.5 Å². The third-order valence-electron chi connectivity index (χ3n) is 3.68. The number of ether oxygens (including phenoxy) is 2. The number of carbonyl (C=O) groups excluding carboxylic acids is 1. The number of amides is 1. The van der Waals surface area contributed by atoms with E-state index in [9.17, 15) is 4.79 Å². The van der Waals surface area contributed by atoms with Crippen LogP contribution in [0.1, 0.15) is 18.4 Å². The van der Waals surface area contributed by atoms with E-state index in [0.29, 0.717) is 0 Å². The Morgan fingerprint density at radius 3 is 2.64 bits per heavy atom. The number of benzene rings is 1. The van der Waals surface area contributed by atoms with E-state index in [1.165, 1.54) is 0 Å². The van der Waals surface area contributed by atoms with Crippen LogP contribution >= 0.6 is 0 Å². The van der Waals surface area contributed by atoms with Crippen LogP contribution < -0.4 is 9.47 Å². The number of hydrogen-bond donors (Lipinski definition) is 0. The minimum absolute atomic E-state index is 0.0990. The van der Waals surface area contributed by atoms with Crippen molar-refractivity contribution in [2.45, 2.75) is 12.8 Å². The molecule has 1 aromatic carbocycles. The fraction of sp³-hybridized carbons (Fsp3) is 0.278. The van der Waals surface area contributed by atoms with E-state index >= 15 is 0 Å². The van der Waals surface area contributed by atoms with Crippen molar-refractivity contribution in [1.82, 2.24) is 4.90 Å². The van der Waals surface area contributed by atoms with E-state index < -0.39 is 0 Å². The lowest BCUT2D eigenvalue weighted by Gasteiger charge is -2.11. The van der Waals surface area contributed by atoms with Crippen LogP contribution in [-0.2, 0) is 4.79 Å². The van der Waals surface area contributed by atoms with Gasteiger partial charge in [0.05, 0.1) is 0 Å². The van der Waals surface area contributed by atoms with Crippen molar-refractivity contribution in [3.8, 4) is 11.5 Å². The fourth-order valence-electron chi connectivity index (χ4n) is 2.49. The average Bonchev–Trinajstić information content (AvgIpc) is 3.20. The second kappa shape index (κ2) is 6.98. The molecule has 0 aliphatic carbocycles. The molecule has 0 saturated carbocycles. The predicted octanol–water partition coefficient (Wildman–Crippen LogP) is 3.16. The highest BCUT2D eigenvalue weighted by atomic mass is 16.7. The predicted molar refractivity (Wildman–Crippen MR) is 85.7 cm³/mol. The molecular formula is C18H19NO3. The highest BCUT2D eigenvalue weighted by Crippen LogP contribution is 2.32. The summed E-state index contributed by atoms with van der Waals surface area (Å²) in [6.45, 7) is 2.06. The van der Waals surface area contributed by atoms with Gasteiger partial charge >= 0.3 is 0 Å². The first-order valence-electron chi connectivity index (χ1n) is 7.53. The highest BCUT2D eigenvalue weighted by molar-refractivity contribution is 5.88. The molecule has 2 heterocycles. The van der Waals surface area contributed by atoms with Crippen molar-refractivity contribution in [2.24, 2.45) is 0 Å². The van der Waals surface area contributed by atoms with E-state index in [1.54, 1.807) is 12.2 Å². The molecular weight excluding hydrogens is 278 g/mol. The Labute approximate surface area is 130 Å². The third-order valence-corrected chi connectivity index (χ3v) is 3.68. The SMILES string of the molecule is O=C(/C=C/C=C/C=C/c1ccc2c(c1)OCO2)N1CCCC1. The molecule has 4 nitrogen and oxygen atoms in total. The Bertz CT molecular complexity index is 625. The summed E-state index contributed by atoms with van der Waals surface area (Å²) in [5, 5.41) is 0. The largest absolute Gasteiger partial charge is 0.454 e. The van der Waals surface area contributed by atoms with Crippen molar-refractivity contribution in [3.63, 3.8) is 0 Å². The Morgan fingerprint density at radius 1 is 1.00 bits per heavy atom. The summed E-state index contributed by atoms with van der Waals surface area (Å²) in [7, 11) is 0. The molecule has 22 heavy (non-hydrogen) atoms. The van der Waals surface area contributed by atoms with Gasteiger partial charge < -0.3 is 14.4 Å². The zero-order valence-corrected chi connectivity index (χ0v) is 12.4. The summed E-state index contributed by atoms with van der Waals surface area (Å²) in [5.41, 5.74) is 1.05. The summed E-state index contributed by atoms with van der Waals surface area (Å²) in [4.78, 5) is 13.7. The van der Waals surface area contributed by atoms with Crippen molar-refractivity contribution < 1.29 is 14.3 Å². The zero-order valence-electron chi connectivity index (χ0n) is 12.4. The van der Waals surface area contributed by atoms with E-state index in [-0.39, 0.29) is 12.7 Å². The maximum Gasteiger partial charge on any atom is 0.246 e. The Kier molecular flexibility index (Phi) is 4.59. The van der Waals surface area contributed by atoms with Crippen LogP contribution in [0.3, 0.4) is 0 Å². The molecule has 3 rings (SSSR count). The van der Waals surface area contributed by atoms with Crippen LogP contribution in [0.2, 0.25) is 0 Å². The average molecular weight is 297 g/mol. The van der Waals surface area contributed by atoms with Gasteiger partial charge in [-0.15, -0.1) is 0 Å². The molecule has 0 unspecified atom stereocenters. The molecule has 0 atom stereocenters. The Balaban J connectivity index is 1.50. The lowest BCUT2D eigenvalue weighted by Crippen LogP contribution is -2.25. The standard InChI is InChI=1S/C18H19NO3/c20-18(19-11-5-6-12-19)8-4-2-1-3-7-15-9-10-16-17(13-15)22-14-21-16/h1-4,7-10,13H,5-6,11-12,14H2/b2-1+,7-3+,8-4+. The van der Waals surface area contributed by atoms with Gasteiger partial charge in [0.25, 0.3) is 0 Å². The molecule has 114 valence electrons. The van der Waals surface area contributed by atoms with Crippen LogP contribution in [0.25, 0.3) is 6.08 Å². The van der Waals surface area contributed by atoms with E-state index in [1.807, 2.05) is 47.4 Å². The van der Waals surface area contributed by atoms with Gasteiger partial charge in [-0.1, -0.05) is 36.4 Å². The smallest absolute Gasteiger partial charge is 0.246 e.